The molecule has 2 unspecified atom stereocenters. The summed E-state index contributed by atoms with van der Waals surface area (Å²) in [5.41, 5.74) is 1.39. The number of methoxy groups -OCH3 is 1. The molecule has 4 aromatic rings. The second-order valence-corrected chi connectivity index (χ2v) is 17.4. The number of unbranched alkanes of at least 4 members (excludes halogenated alkanes) is 1. The van der Waals surface area contributed by atoms with Gasteiger partial charge >= 0.3 is 25.6 Å². The van der Waals surface area contributed by atoms with Crippen molar-refractivity contribution < 1.29 is 56.5 Å². The third-order valence-corrected chi connectivity index (χ3v) is 13.0. The van der Waals surface area contributed by atoms with Crippen LogP contribution in [0.5, 0.6) is 0 Å². The second-order valence-electron chi connectivity index (χ2n) is 15.4. The van der Waals surface area contributed by atoms with Gasteiger partial charge in [-0.1, -0.05) is 80.1 Å². The number of hydrogen-bond donors (Lipinski definition) is 1. The Morgan fingerprint density at radius 3 is 2.03 bits per heavy atom. The molecular weight excluding hydrogens is 835 g/mol. The highest BCUT2D eigenvalue weighted by Gasteiger charge is 2.46. The van der Waals surface area contributed by atoms with Crippen molar-refractivity contribution in [2.75, 3.05) is 64.0 Å². The molecule has 4 atom stereocenters. The lowest BCUT2D eigenvalue weighted by atomic mass is 10.1. The Morgan fingerprint density at radius 2 is 1.43 bits per heavy atom. The molecule has 2 fully saturated rings. The number of fused-ring (bicyclic) bond motifs is 2. The second kappa shape index (κ2) is 19.0. The number of esters is 2. The van der Waals surface area contributed by atoms with Gasteiger partial charge in [0.2, 0.25) is 18.5 Å². The zero-order chi connectivity index (χ0) is 44.1. The van der Waals surface area contributed by atoms with Crippen molar-refractivity contribution in [3.05, 3.63) is 113 Å². The van der Waals surface area contributed by atoms with Gasteiger partial charge in [0.05, 0.1) is 30.0 Å². The average Bonchev–Trinajstić information content (AvgIpc) is 4.01. The fourth-order valence-corrected chi connectivity index (χ4v) is 9.52. The minimum Gasteiger partial charge on any atom is -0.449 e. The number of carbonyl (C=O) groups is 5. The van der Waals surface area contributed by atoms with Gasteiger partial charge in [0.25, 0.3) is 5.91 Å². The highest BCUT2D eigenvalue weighted by molar-refractivity contribution is 7.54. The molecule has 330 valence electrons. The van der Waals surface area contributed by atoms with Gasteiger partial charge in [0.1, 0.15) is 17.6 Å². The van der Waals surface area contributed by atoms with Crippen LogP contribution < -0.4 is 10.2 Å². The summed E-state index contributed by atoms with van der Waals surface area (Å²) in [6.07, 6.45) is -2.17. The van der Waals surface area contributed by atoms with Gasteiger partial charge in [-0.3, -0.25) is 23.2 Å². The van der Waals surface area contributed by atoms with Crippen molar-refractivity contribution in [1.29, 1.82) is 0 Å². The summed E-state index contributed by atoms with van der Waals surface area (Å²) in [5.74, 6) is -2.26. The molecule has 0 bridgehead atoms. The quantitative estimate of drug-likeness (QED) is 0.0676. The number of nitrogens with zero attached hydrogens (tertiary/aromatic N) is 5. The van der Waals surface area contributed by atoms with Crippen LogP contribution in [0.2, 0.25) is 0 Å². The SMILES string of the molecule is CCCCOC(=O)N1CCN(C(=O)[C@H](CP(=O)(OC2OC(=O)c3ccccc32)OC2OC(=O)c3ccccc32)NC(=O)c2cc(N3CC[C@H](OC)C3)nc(-c3ccccc3)n2)CC1. The molecular formula is C44H47N6O12P. The van der Waals surface area contributed by atoms with E-state index in [0.717, 1.165) is 12.8 Å². The summed E-state index contributed by atoms with van der Waals surface area (Å²) in [4.78, 5) is 82.2. The Labute approximate surface area is 363 Å². The van der Waals surface area contributed by atoms with Crippen LogP contribution in [0.4, 0.5) is 10.6 Å². The molecule has 63 heavy (non-hydrogen) atoms. The number of ether oxygens (including phenoxy) is 4. The number of cyclic esters (lactones) is 2. The molecule has 0 spiro atoms. The number of rotatable bonds is 15. The van der Waals surface area contributed by atoms with Gasteiger partial charge in [-0.15, -0.1) is 0 Å². The molecule has 3 amide bonds. The van der Waals surface area contributed by atoms with Crippen molar-refractivity contribution in [2.45, 2.75) is 50.9 Å². The van der Waals surface area contributed by atoms with Gasteiger partial charge in [0.15, 0.2) is 5.82 Å². The highest BCUT2D eigenvalue weighted by atomic mass is 31.2. The molecule has 0 radical (unpaired) electrons. The van der Waals surface area contributed by atoms with E-state index < -0.39 is 62.2 Å². The number of carbonyl (C=O) groups excluding carboxylic acids is 5. The molecule has 18 nitrogen and oxygen atoms in total. The van der Waals surface area contributed by atoms with E-state index in [1.54, 1.807) is 55.6 Å². The number of aromatic nitrogens is 2. The number of hydrogen-bond acceptors (Lipinski definition) is 15. The zero-order valence-corrected chi connectivity index (χ0v) is 35.6. The van der Waals surface area contributed by atoms with Gasteiger partial charge in [-0.05, 0) is 25.0 Å². The Bertz CT molecular complexity index is 2340. The number of benzene rings is 3. The summed E-state index contributed by atoms with van der Waals surface area (Å²) in [6.45, 7) is 3.71. The number of piperazine rings is 1. The predicted octanol–water partition coefficient (Wildman–Crippen LogP) is 5.51. The van der Waals surface area contributed by atoms with E-state index >= 15 is 4.57 Å². The third kappa shape index (κ3) is 9.74. The Kier molecular flexibility index (Phi) is 13.1. The van der Waals surface area contributed by atoms with E-state index in [1.165, 1.54) is 28.0 Å². The number of anilines is 1. The van der Waals surface area contributed by atoms with Crippen LogP contribution >= 0.6 is 7.60 Å². The summed E-state index contributed by atoms with van der Waals surface area (Å²) < 4.78 is 49.6. The van der Waals surface area contributed by atoms with Crippen molar-refractivity contribution >= 4 is 43.3 Å². The van der Waals surface area contributed by atoms with Crippen molar-refractivity contribution in [3.8, 4) is 11.4 Å². The first-order valence-corrected chi connectivity index (χ1v) is 22.5. The fourth-order valence-electron chi connectivity index (χ4n) is 7.71. The maximum atomic E-state index is 15.4. The van der Waals surface area contributed by atoms with Crippen LogP contribution in [0.15, 0.2) is 84.9 Å². The van der Waals surface area contributed by atoms with E-state index in [4.69, 9.17) is 33.0 Å². The number of nitrogens with one attached hydrogen (secondary N) is 1. The first kappa shape index (κ1) is 43.4. The first-order chi connectivity index (χ1) is 30.5. The summed E-state index contributed by atoms with van der Waals surface area (Å²) >= 11 is 0. The van der Waals surface area contributed by atoms with Crippen LogP contribution in [0, 0.1) is 0 Å². The van der Waals surface area contributed by atoms with Gasteiger partial charge in [-0.25, -0.2) is 24.4 Å². The Balaban J connectivity index is 1.13. The van der Waals surface area contributed by atoms with Gasteiger partial charge < -0.3 is 39.0 Å². The molecule has 0 aliphatic carbocycles. The summed E-state index contributed by atoms with van der Waals surface area (Å²) in [5, 5.41) is 2.76. The number of amides is 3. The molecule has 0 saturated carbocycles. The molecule has 5 heterocycles. The van der Waals surface area contributed by atoms with Crippen molar-refractivity contribution in [3.63, 3.8) is 0 Å². The molecule has 8 rings (SSSR count). The lowest BCUT2D eigenvalue weighted by molar-refractivity contribution is -0.134. The predicted molar refractivity (Wildman–Crippen MR) is 225 cm³/mol. The first-order valence-electron chi connectivity index (χ1n) is 20.8. The third-order valence-electron chi connectivity index (χ3n) is 11.2. The smallest absolute Gasteiger partial charge is 0.409 e. The molecule has 2 saturated heterocycles. The molecule has 4 aliphatic rings. The minimum atomic E-state index is -4.79. The molecule has 19 heteroatoms. The lowest BCUT2D eigenvalue weighted by Gasteiger charge is -2.36. The van der Waals surface area contributed by atoms with Crippen LogP contribution in [0.3, 0.4) is 0 Å². The molecule has 1 aromatic heterocycles. The maximum Gasteiger partial charge on any atom is 0.409 e. The molecule has 4 aliphatic heterocycles. The zero-order valence-electron chi connectivity index (χ0n) is 34.8. The van der Waals surface area contributed by atoms with Gasteiger partial charge in [0, 0.05) is 69.1 Å². The molecule has 3 aromatic carbocycles. The Morgan fingerprint density at radius 1 is 0.825 bits per heavy atom. The van der Waals surface area contributed by atoms with E-state index in [1.807, 2.05) is 30.0 Å². The monoisotopic (exact) mass is 882 g/mol. The summed E-state index contributed by atoms with van der Waals surface area (Å²) in [7, 11) is -3.15. The average molecular weight is 883 g/mol. The molecule has 1 N–H and O–H groups in total. The van der Waals surface area contributed by atoms with E-state index in [0.29, 0.717) is 30.9 Å². The summed E-state index contributed by atoms with van der Waals surface area (Å²) in [6, 6.07) is 21.7. The topological polar surface area (TPSA) is 205 Å². The van der Waals surface area contributed by atoms with E-state index in [9.17, 15) is 24.0 Å². The van der Waals surface area contributed by atoms with Crippen molar-refractivity contribution in [2.24, 2.45) is 0 Å². The van der Waals surface area contributed by atoms with Crippen LogP contribution in [-0.4, -0.2) is 121 Å². The van der Waals surface area contributed by atoms with E-state index in [-0.39, 0.29) is 72.7 Å². The van der Waals surface area contributed by atoms with Crippen LogP contribution in [0.1, 0.15) is 81.1 Å². The van der Waals surface area contributed by atoms with Gasteiger partial charge in [-0.2, -0.15) is 0 Å². The normalized spacial score (nSPS) is 20.6. The van der Waals surface area contributed by atoms with E-state index in [2.05, 4.69) is 10.3 Å². The Hall–Kier alpha value is -6.20. The standard InChI is InChI=1S/C44H47N6O12P/c1-3-4-24-58-44(55)49-22-20-48(21-23-49)39(52)35(46-38(51)34-25-36(50-19-18-29(26-50)57-2)47-37(45-34)28-12-6-5-7-13-28)27-63(56,61-42-32-16-10-8-14-30(32)40(53)59-42)62-43-33-17-11-9-15-31(33)41(54)60-43/h5-17,25,29,35,42-43H,3-4,18-24,26-27H2,1-2H3,(H,46,51)/t29-,35-,42?,43?,63?/m0/s1. The van der Waals surface area contributed by atoms with Crippen LogP contribution in [-0.2, 0) is 37.4 Å². The largest absolute Gasteiger partial charge is 0.449 e. The van der Waals surface area contributed by atoms with Crippen molar-refractivity contribution in [1.82, 2.24) is 25.1 Å². The fraction of sp³-hybridized carbons (Fsp3) is 0.386. The maximum absolute atomic E-state index is 15.4. The van der Waals surface area contributed by atoms with Crippen LogP contribution in [0.25, 0.3) is 11.4 Å². The minimum absolute atomic E-state index is 0.0484. The lowest BCUT2D eigenvalue weighted by Crippen LogP contribution is -2.57. The highest BCUT2D eigenvalue weighted by Crippen LogP contribution is 2.58.